The maximum Gasteiger partial charge on any atom is 0.158 e. The van der Waals surface area contributed by atoms with E-state index in [1.165, 1.54) is 16.9 Å². The Morgan fingerprint density at radius 3 is 3.14 bits per heavy atom. The van der Waals surface area contributed by atoms with Gasteiger partial charge in [0.15, 0.2) is 5.82 Å². The molecule has 106 valence electrons. The van der Waals surface area contributed by atoms with Crippen LogP contribution in [0.3, 0.4) is 0 Å². The van der Waals surface area contributed by atoms with Gasteiger partial charge < -0.3 is 4.42 Å². The molecule has 0 bridgehead atoms. The van der Waals surface area contributed by atoms with Gasteiger partial charge in [-0.1, -0.05) is 0 Å². The van der Waals surface area contributed by atoms with Crippen LogP contribution in [-0.2, 0) is 12.8 Å². The maximum atomic E-state index is 5.45. The first kappa shape index (κ1) is 12.5. The van der Waals surface area contributed by atoms with E-state index in [0.717, 1.165) is 40.4 Å². The summed E-state index contributed by atoms with van der Waals surface area (Å²) in [4.78, 5) is 11.2. The fraction of sp³-hybridized carbons (Fsp3) is 0.267. The van der Waals surface area contributed by atoms with E-state index in [1.807, 2.05) is 19.1 Å². The number of thiophene rings is 1. The lowest BCUT2D eigenvalue weighted by atomic mass is 10.2. The Morgan fingerprint density at radius 1 is 1.33 bits per heavy atom. The van der Waals surface area contributed by atoms with Crippen LogP contribution in [0.5, 0.6) is 0 Å². The zero-order valence-corrected chi connectivity index (χ0v) is 12.4. The summed E-state index contributed by atoms with van der Waals surface area (Å²) in [5.41, 5.74) is 4.42. The summed E-state index contributed by atoms with van der Waals surface area (Å²) in [7, 11) is 0. The second kappa shape index (κ2) is 4.96. The van der Waals surface area contributed by atoms with Gasteiger partial charge in [-0.2, -0.15) is 5.10 Å². The molecule has 6 heteroatoms. The van der Waals surface area contributed by atoms with Gasteiger partial charge in [0.1, 0.15) is 22.7 Å². The van der Waals surface area contributed by atoms with Crippen LogP contribution in [0.25, 0.3) is 10.2 Å². The summed E-state index contributed by atoms with van der Waals surface area (Å²) in [5.74, 6) is 2.37. The molecule has 3 aromatic rings. The predicted molar refractivity (Wildman–Crippen MR) is 84.1 cm³/mol. The summed E-state index contributed by atoms with van der Waals surface area (Å²) < 4.78 is 5.45. The van der Waals surface area contributed by atoms with Gasteiger partial charge in [-0.05, 0) is 43.9 Å². The van der Waals surface area contributed by atoms with Crippen molar-refractivity contribution < 1.29 is 4.42 Å². The molecule has 0 unspecified atom stereocenters. The Kier molecular flexibility index (Phi) is 2.96. The summed E-state index contributed by atoms with van der Waals surface area (Å²) >= 11 is 1.77. The van der Waals surface area contributed by atoms with Crippen molar-refractivity contribution in [3.8, 4) is 0 Å². The van der Waals surface area contributed by atoms with Crippen molar-refractivity contribution in [3.05, 3.63) is 40.4 Å². The van der Waals surface area contributed by atoms with Gasteiger partial charge in [-0.25, -0.2) is 9.97 Å². The lowest BCUT2D eigenvalue weighted by molar-refractivity contribution is 0.528. The minimum Gasteiger partial charge on any atom is -0.460 e. The first-order chi connectivity index (χ1) is 10.3. The molecule has 21 heavy (non-hydrogen) atoms. The van der Waals surface area contributed by atoms with Crippen molar-refractivity contribution in [2.75, 3.05) is 5.43 Å². The smallest absolute Gasteiger partial charge is 0.158 e. The Labute approximate surface area is 125 Å². The average Bonchev–Trinajstić information content (AvgIpc) is 3.14. The molecular weight excluding hydrogens is 284 g/mol. The van der Waals surface area contributed by atoms with Gasteiger partial charge in [0, 0.05) is 4.88 Å². The molecule has 5 nitrogen and oxygen atoms in total. The summed E-state index contributed by atoms with van der Waals surface area (Å²) in [5, 5.41) is 5.35. The number of hydrazone groups is 1. The van der Waals surface area contributed by atoms with Crippen molar-refractivity contribution in [2.45, 2.75) is 26.2 Å². The van der Waals surface area contributed by atoms with E-state index < -0.39 is 0 Å². The average molecular weight is 298 g/mol. The van der Waals surface area contributed by atoms with Crippen molar-refractivity contribution >= 4 is 33.6 Å². The lowest BCUT2D eigenvalue weighted by Crippen LogP contribution is -1.95. The van der Waals surface area contributed by atoms with Crippen LogP contribution in [0.1, 0.15) is 28.4 Å². The van der Waals surface area contributed by atoms with Crippen LogP contribution >= 0.6 is 11.3 Å². The van der Waals surface area contributed by atoms with Crippen LogP contribution in [0.15, 0.2) is 28.0 Å². The topological polar surface area (TPSA) is 63.3 Å². The standard InChI is InChI=1S/C15H14N4OS/c1-9-5-6-10(20-9)7-18-19-14-13-11-3-2-4-12(11)21-15(13)17-8-16-14/h5-8H,2-4H2,1H3,(H,16,17,19)/b18-7-. The predicted octanol–water partition coefficient (Wildman–Crippen LogP) is 3.53. The van der Waals surface area contributed by atoms with Gasteiger partial charge in [0.25, 0.3) is 0 Å². The zero-order valence-electron chi connectivity index (χ0n) is 11.6. The molecule has 1 aliphatic carbocycles. The van der Waals surface area contributed by atoms with Gasteiger partial charge in [-0.15, -0.1) is 11.3 Å². The lowest BCUT2D eigenvalue weighted by Gasteiger charge is -2.02. The zero-order chi connectivity index (χ0) is 14.2. The molecule has 0 saturated carbocycles. The number of fused-ring (bicyclic) bond motifs is 3. The van der Waals surface area contributed by atoms with Gasteiger partial charge in [0.05, 0.1) is 11.6 Å². The molecule has 0 atom stereocenters. The number of hydrogen-bond donors (Lipinski definition) is 1. The van der Waals surface area contributed by atoms with Crippen molar-refractivity contribution in [2.24, 2.45) is 5.10 Å². The Hall–Kier alpha value is -2.21. The highest BCUT2D eigenvalue weighted by atomic mass is 32.1. The molecule has 0 radical (unpaired) electrons. The molecule has 0 amide bonds. The van der Waals surface area contributed by atoms with E-state index in [-0.39, 0.29) is 0 Å². The van der Waals surface area contributed by atoms with E-state index in [0.29, 0.717) is 0 Å². The van der Waals surface area contributed by atoms with Gasteiger partial charge in [0.2, 0.25) is 0 Å². The highest BCUT2D eigenvalue weighted by Gasteiger charge is 2.20. The number of hydrogen-bond acceptors (Lipinski definition) is 6. The second-order valence-corrected chi connectivity index (χ2v) is 6.16. The van der Waals surface area contributed by atoms with E-state index in [9.17, 15) is 0 Å². The molecule has 0 spiro atoms. The third-order valence-corrected chi connectivity index (χ3v) is 4.82. The SMILES string of the molecule is Cc1ccc(/C=N\Nc2ncnc3sc4c(c23)CCC4)o1. The first-order valence-corrected chi connectivity index (χ1v) is 7.73. The van der Waals surface area contributed by atoms with Crippen molar-refractivity contribution in [1.82, 2.24) is 9.97 Å². The third-order valence-electron chi connectivity index (χ3n) is 3.62. The fourth-order valence-corrected chi connectivity index (χ4v) is 3.92. The Bertz CT molecular complexity index is 833. The van der Waals surface area contributed by atoms with Crippen LogP contribution in [0, 0.1) is 6.92 Å². The van der Waals surface area contributed by atoms with Gasteiger partial charge >= 0.3 is 0 Å². The monoisotopic (exact) mass is 298 g/mol. The van der Waals surface area contributed by atoms with E-state index in [4.69, 9.17) is 4.42 Å². The van der Waals surface area contributed by atoms with Crippen LogP contribution in [0.2, 0.25) is 0 Å². The number of aromatic nitrogens is 2. The molecule has 0 aromatic carbocycles. The molecule has 1 aliphatic rings. The van der Waals surface area contributed by atoms with E-state index in [2.05, 4.69) is 20.5 Å². The van der Waals surface area contributed by atoms with Crippen LogP contribution in [-0.4, -0.2) is 16.2 Å². The number of nitrogens with one attached hydrogen (secondary N) is 1. The second-order valence-electron chi connectivity index (χ2n) is 5.08. The number of aryl methyl sites for hydroxylation is 3. The molecule has 0 aliphatic heterocycles. The number of anilines is 1. The molecule has 0 saturated heterocycles. The first-order valence-electron chi connectivity index (χ1n) is 6.92. The fourth-order valence-electron chi connectivity index (χ4n) is 2.69. The Morgan fingerprint density at radius 2 is 2.29 bits per heavy atom. The quantitative estimate of drug-likeness (QED) is 0.593. The third kappa shape index (κ3) is 2.21. The van der Waals surface area contributed by atoms with E-state index in [1.54, 1.807) is 23.9 Å². The minimum absolute atomic E-state index is 0.723. The number of furan rings is 1. The summed E-state index contributed by atoms with van der Waals surface area (Å²) in [6.45, 7) is 1.91. The molecular formula is C15H14N4OS. The molecule has 1 N–H and O–H groups in total. The van der Waals surface area contributed by atoms with E-state index >= 15 is 0 Å². The Balaban J connectivity index is 1.66. The molecule has 3 aromatic heterocycles. The summed E-state index contributed by atoms with van der Waals surface area (Å²) in [6, 6.07) is 3.80. The van der Waals surface area contributed by atoms with Gasteiger partial charge in [-0.3, -0.25) is 5.43 Å². The largest absolute Gasteiger partial charge is 0.460 e. The normalized spacial score (nSPS) is 14.1. The molecule has 0 fully saturated rings. The van der Waals surface area contributed by atoms with Crippen LogP contribution in [0.4, 0.5) is 5.82 Å². The highest BCUT2D eigenvalue weighted by Crippen LogP contribution is 2.38. The summed E-state index contributed by atoms with van der Waals surface area (Å²) in [6.07, 6.45) is 6.74. The number of nitrogens with zero attached hydrogens (tertiary/aromatic N) is 3. The van der Waals surface area contributed by atoms with Crippen molar-refractivity contribution in [1.29, 1.82) is 0 Å². The van der Waals surface area contributed by atoms with Crippen molar-refractivity contribution in [3.63, 3.8) is 0 Å². The molecule has 4 rings (SSSR count). The van der Waals surface area contributed by atoms with Crippen LogP contribution < -0.4 is 5.43 Å². The maximum absolute atomic E-state index is 5.45. The number of rotatable bonds is 3. The highest BCUT2D eigenvalue weighted by molar-refractivity contribution is 7.19. The molecule has 3 heterocycles. The minimum atomic E-state index is 0.723.